The fraction of sp³-hybridized carbons (Fsp3) is 0.421. The summed E-state index contributed by atoms with van der Waals surface area (Å²) in [4.78, 5) is 14.3. The van der Waals surface area contributed by atoms with Crippen LogP contribution in [-0.2, 0) is 4.79 Å². The molecular formula is C19H23N3O3S. The number of carbonyl (C=O) groups excluding carboxylic acids is 1. The zero-order chi connectivity index (χ0) is 18.7. The predicted octanol–water partition coefficient (Wildman–Crippen LogP) is 3.61. The van der Waals surface area contributed by atoms with E-state index in [0.29, 0.717) is 5.75 Å². The molecule has 0 saturated carbocycles. The SMILES string of the molecule is CC(C)N(C(=O)CSc1ccc(-c2ccc3c(c2)OCO3)nn1)C(C)C. The Labute approximate surface area is 157 Å². The molecule has 2 aromatic rings. The third-order valence-corrected chi connectivity index (χ3v) is 4.96. The van der Waals surface area contributed by atoms with E-state index in [-0.39, 0.29) is 24.8 Å². The van der Waals surface area contributed by atoms with Crippen molar-refractivity contribution >= 4 is 17.7 Å². The van der Waals surface area contributed by atoms with Crippen LogP contribution in [0.25, 0.3) is 11.3 Å². The van der Waals surface area contributed by atoms with E-state index in [0.717, 1.165) is 27.8 Å². The summed E-state index contributed by atoms with van der Waals surface area (Å²) in [5.74, 6) is 1.93. The molecule has 1 aliphatic heterocycles. The van der Waals surface area contributed by atoms with Crippen molar-refractivity contribution in [1.29, 1.82) is 0 Å². The Morgan fingerprint density at radius 1 is 1.08 bits per heavy atom. The number of thioether (sulfide) groups is 1. The van der Waals surface area contributed by atoms with Gasteiger partial charge in [-0.15, -0.1) is 10.2 Å². The maximum absolute atomic E-state index is 12.4. The van der Waals surface area contributed by atoms with Crippen LogP contribution in [0.3, 0.4) is 0 Å². The Morgan fingerprint density at radius 2 is 1.81 bits per heavy atom. The molecule has 138 valence electrons. The lowest BCUT2D eigenvalue weighted by atomic mass is 10.1. The number of rotatable bonds is 6. The van der Waals surface area contributed by atoms with Crippen LogP contribution in [0.2, 0.25) is 0 Å². The first-order valence-corrected chi connectivity index (χ1v) is 9.62. The highest BCUT2D eigenvalue weighted by atomic mass is 32.2. The topological polar surface area (TPSA) is 64.6 Å². The molecule has 1 aromatic carbocycles. The third-order valence-electron chi connectivity index (χ3n) is 4.05. The van der Waals surface area contributed by atoms with Gasteiger partial charge in [-0.3, -0.25) is 4.79 Å². The van der Waals surface area contributed by atoms with E-state index >= 15 is 0 Å². The molecule has 6 nitrogen and oxygen atoms in total. The molecule has 2 heterocycles. The molecule has 0 unspecified atom stereocenters. The molecule has 0 spiro atoms. The lowest BCUT2D eigenvalue weighted by molar-refractivity contribution is -0.131. The molecule has 0 aliphatic carbocycles. The molecule has 1 aromatic heterocycles. The monoisotopic (exact) mass is 373 g/mol. The minimum Gasteiger partial charge on any atom is -0.454 e. The van der Waals surface area contributed by atoms with Gasteiger partial charge in [0.1, 0.15) is 5.03 Å². The van der Waals surface area contributed by atoms with E-state index in [2.05, 4.69) is 10.2 Å². The van der Waals surface area contributed by atoms with Crippen molar-refractivity contribution in [2.45, 2.75) is 44.8 Å². The number of aromatic nitrogens is 2. The Hall–Kier alpha value is -2.28. The molecule has 26 heavy (non-hydrogen) atoms. The first-order chi connectivity index (χ1) is 12.5. The summed E-state index contributed by atoms with van der Waals surface area (Å²) in [6.45, 7) is 8.37. The van der Waals surface area contributed by atoms with Gasteiger partial charge in [0.25, 0.3) is 0 Å². The second-order valence-corrected chi connectivity index (χ2v) is 7.60. The second-order valence-electron chi connectivity index (χ2n) is 6.60. The Morgan fingerprint density at radius 3 is 2.46 bits per heavy atom. The third kappa shape index (κ3) is 4.09. The highest BCUT2D eigenvalue weighted by Gasteiger charge is 2.20. The fourth-order valence-corrected chi connectivity index (χ4v) is 3.67. The molecule has 1 aliphatic rings. The molecule has 7 heteroatoms. The van der Waals surface area contributed by atoms with Crippen LogP contribution in [0.1, 0.15) is 27.7 Å². The molecule has 0 saturated heterocycles. The Bertz CT molecular complexity index is 770. The van der Waals surface area contributed by atoms with Gasteiger partial charge in [-0.25, -0.2) is 0 Å². The number of hydrogen-bond acceptors (Lipinski definition) is 6. The summed E-state index contributed by atoms with van der Waals surface area (Å²) in [7, 11) is 0. The summed E-state index contributed by atoms with van der Waals surface area (Å²) in [5, 5.41) is 9.25. The maximum atomic E-state index is 12.4. The van der Waals surface area contributed by atoms with Crippen LogP contribution in [0.15, 0.2) is 35.4 Å². The van der Waals surface area contributed by atoms with Gasteiger partial charge in [-0.05, 0) is 58.0 Å². The molecule has 0 atom stereocenters. The van der Waals surface area contributed by atoms with E-state index < -0.39 is 0 Å². The number of carbonyl (C=O) groups is 1. The lowest BCUT2D eigenvalue weighted by Crippen LogP contribution is -2.43. The summed E-state index contributed by atoms with van der Waals surface area (Å²) in [6, 6.07) is 9.85. The highest BCUT2D eigenvalue weighted by Crippen LogP contribution is 2.35. The van der Waals surface area contributed by atoms with Gasteiger partial charge in [-0.1, -0.05) is 11.8 Å². The average Bonchev–Trinajstić information content (AvgIpc) is 3.07. The standard InChI is InChI=1S/C19H23N3O3S/c1-12(2)22(13(3)4)19(23)10-26-18-8-6-15(20-21-18)14-5-7-16-17(9-14)25-11-24-16/h5-9,12-13H,10-11H2,1-4H3. The van der Waals surface area contributed by atoms with E-state index in [1.165, 1.54) is 11.8 Å². The van der Waals surface area contributed by atoms with Crippen molar-refractivity contribution in [2.75, 3.05) is 12.5 Å². The van der Waals surface area contributed by atoms with Crippen LogP contribution in [0.4, 0.5) is 0 Å². The maximum Gasteiger partial charge on any atom is 0.233 e. The van der Waals surface area contributed by atoms with Gasteiger partial charge in [0.2, 0.25) is 12.7 Å². The number of amides is 1. The molecule has 0 N–H and O–H groups in total. The van der Waals surface area contributed by atoms with Crippen molar-refractivity contribution in [1.82, 2.24) is 15.1 Å². The summed E-state index contributed by atoms with van der Waals surface area (Å²) in [5.41, 5.74) is 1.67. The number of nitrogens with zero attached hydrogens (tertiary/aromatic N) is 3. The summed E-state index contributed by atoms with van der Waals surface area (Å²) in [6.07, 6.45) is 0. The van der Waals surface area contributed by atoms with Crippen LogP contribution in [0.5, 0.6) is 11.5 Å². The average molecular weight is 373 g/mol. The van der Waals surface area contributed by atoms with E-state index in [1.807, 2.05) is 62.9 Å². The van der Waals surface area contributed by atoms with Crippen LogP contribution >= 0.6 is 11.8 Å². The quantitative estimate of drug-likeness (QED) is 0.721. The Balaban J connectivity index is 1.64. The molecule has 1 amide bonds. The van der Waals surface area contributed by atoms with Crippen molar-refractivity contribution in [2.24, 2.45) is 0 Å². The van der Waals surface area contributed by atoms with Crippen LogP contribution in [-0.4, -0.2) is 45.6 Å². The highest BCUT2D eigenvalue weighted by molar-refractivity contribution is 7.99. The van der Waals surface area contributed by atoms with Crippen molar-refractivity contribution in [3.63, 3.8) is 0 Å². The van der Waals surface area contributed by atoms with Crippen molar-refractivity contribution in [3.8, 4) is 22.8 Å². The molecule has 3 rings (SSSR count). The first-order valence-electron chi connectivity index (χ1n) is 8.63. The largest absolute Gasteiger partial charge is 0.454 e. The smallest absolute Gasteiger partial charge is 0.233 e. The zero-order valence-corrected chi connectivity index (χ0v) is 16.2. The fourth-order valence-electron chi connectivity index (χ4n) is 2.99. The van der Waals surface area contributed by atoms with E-state index in [9.17, 15) is 4.79 Å². The second kappa shape index (κ2) is 7.95. The normalized spacial score (nSPS) is 12.7. The molecular weight excluding hydrogens is 350 g/mol. The van der Waals surface area contributed by atoms with Gasteiger partial charge >= 0.3 is 0 Å². The molecule has 0 bridgehead atoms. The van der Waals surface area contributed by atoms with Crippen LogP contribution < -0.4 is 9.47 Å². The summed E-state index contributed by atoms with van der Waals surface area (Å²) >= 11 is 1.41. The minimum absolute atomic E-state index is 0.113. The number of ether oxygens (including phenoxy) is 2. The van der Waals surface area contributed by atoms with Gasteiger partial charge in [0.15, 0.2) is 11.5 Å². The number of fused-ring (bicyclic) bond motifs is 1. The van der Waals surface area contributed by atoms with Gasteiger partial charge in [0, 0.05) is 17.6 Å². The minimum atomic E-state index is 0.113. The predicted molar refractivity (Wildman–Crippen MR) is 101 cm³/mol. The summed E-state index contributed by atoms with van der Waals surface area (Å²) < 4.78 is 10.7. The van der Waals surface area contributed by atoms with E-state index in [1.54, 1.807) is 0 Å². The number of benzene rings is 1. The van der Waals surface area contributed by atoms with Gasteiger partial charge in [0.05, 0.1) is 11.4 Å². The Kier molecular flexibility index (Phi) is 5.66. The van der Waals surface area contributed by atoms with E-state index in [4.69, 9.17) is 9.47 Å². The van der Waals surface area contributed by atoms with Gasteiger partial charge < -0.3 is 14.4 Å². The molecule has 0 fully saturated rings. The van der Waals surface area contributed by atoms with Gasteiger partial charge in [-0.2, -0.15) is 0 Å². The van der Waals surface area contributed by atoms with Crippen molar-refractivity contribution < 1.29 is 14.3 Å². The number of hydrogen-bond donors (Lipinski definition) is 0. The lowest BCUT2D eigenvalue weighted by Gasteiger charge is -2.30. The zero-order valence-electron chi connectivity index (χ0n) is 15.4. The first kappa shape index (κ1) is 18.5. The van der Waals surface area contributed by atoms with Crippen molar-refractivity contribution in [3.05, 3.63) is 30.3 Å². The molecule has 0 radical (unpaired) electrons. The van der Waals surface area contributed by atoms with Crippen LogP contribution in [0, 0.1) is 0 Å².